The van der Waals surface area contributed by atoms with Gasteiger partial charge < -0.3 is 0 Å². The molecule has 0 atom stereocenters. The molecule has 0 bridgehead atoms. The molecule has 3 aromatic rings. The molecule has 3 rings (SSSR count). The summed E-state index contributed by atoms with van der Waals surface area (Å²) in [5.41, 5.74) is 0.559. The van der Waals surface area contributed by atoms with Gasteiger partial charge >= 0.3 is 0 Å². The molecule has 0 aliphatic carbocycles. The Kier molecular flexibility index (Phi) is 3.48. The van der Waals surface area contributed by atoms with Crippen LogP contribution in [0.4, 0.5) is 13.2 Å². The molecular formula is C18H11F3. The first-order valence-corrected chi connectivity index (χ1v) is 6.47. The van der Waals surface area contributed by atoms with Crippen LogP contribution in [0.25, 0.3) is 22.3 Å². The maximum atomic E-state index is 14.7. The lowest BCUT2D eigenvalue weighted by atomic mass is 9.97. The van der Waals surface area contributed by atoms with Crippen LogP contribution in [0.3, 0.4) is 0 Å². The molecule has 0 N–H and O–H groups in total. The van der Waals surface area contributed by atoms with Crippen molar-refractivity contribution >= 4 is 0 Å². The van der Waals surface area contributed by atoms with Crippen LogP contribution in [0.5, 0.6) is 0 Å². The Morgan fingerprint density at radius 3 is 1.24 bits per heavy atom. The molecule has 0 nitrogen and oxygen atoms in total. The van der Waals surface area contributed by atoms with Gasteiger partial charge in [0.15, 0.2) is 0 Å². The smallest absolute Gasteiger partial charge is 0.139 e. The monoisotopic (exact) mass is 284 g/mol. The topological polar surface area (TPSA) is 0 Å². The predicted molar refractivity (Wildman–Crippen MR) is 77.2 cm³/mol. The molecule has 3 heteroatoms. The Morgan fingerprint density at radius 1 is 0.429 bits per heavy atom. The highest BCUT2D eigenvalue weighted by Crippen LogP contribution is 2.33. The average Bonchev–Trinajstić information content (AvgIpc) is 2.49. The van der Waals surface area contributed by atoms with Crippen LogP contribution in [0.1, 0.15) is 0 Å². The fourth-order valence-electron chi connectivity index (χ4n) is 2.31. The molecule has 3 aromatic carbocycles. The standard InChI is InChI=1S/C18H11F3/c19-16-10-3-1-6-12(16)14-8-5-9-15(18(14)21)13-7-2-4-11-17(13)20/h1-11H. The Balaban J connectivity index is 2.21. The van der Waals surface area contributed by atoms with Crippen molar-refractivity contribution in [1.82, 2.24) is 0 Å². The van der Waals surface area contributed by atoms with E-state index in [9.17, 15) is 13.2 Å². The van der Waals surface area contributed by atoms with Crippen LogP contribution in [0.15, 0.2) is 66.7 Å². The van der Waals surface area contributed by atoms with Gasteiger partial charge in [-0.2, -0.15) is 0 Å². The SMILES string of the molecule is Fc1ccccc1-c1cccc(-c2ccccc2F)c1F. The number of rotatable bonds is 2. The van der Waals surface area contributed by atoms with Crippen LogP contribution < -0.4 is 0 Å². The third kappa shape index (κ3) is 2.42. The van der Waals surface area contributed by atoms with E-state index in [0.717, 1.165) is 0 Å². The second kappa shape index (κ2) is 5.44. The first-order valence-electron chi connectivity index (χ1n) is 6.47. The molecule has 0 aliphatic heterocycles. The molecular weight excluding hydrogens is 273 g/mol. The molecule has 0 aromatic heterocycles. The van der Waals surface area contributed by atoms with E-state index >= 15 is 0 Å². The first-order chi connectivity index (χ1) is 10.2. The van der Waals surface area contributed by atoms with Crippen LogP contribution in [-0.2, 0) is 0 Å². The molecule has 0 fully saturated rings. The van der Waals surface area contributed by atoms with Crippen LogP contribution in [-0.4, -0.2) is 0 Å². The molecule has 0 saturated heterocycles. The Hall–Kier alpha value is -2.55. The Morgan fingerprint density at radius 2 is 0.810 bits per heavy atom. The van der Waals surface area contributed by atoms with Gasteiger partial charge in [0, 0.05) is 22.3 Å². The van der Waals surface area contributed by atoms with E-state index in [0.29, 0.717) is 0 Å². The first kappa shape index (κ1) is 13.4. The second-order valence-corrected chi connectivity index (χ2v) is 4.63. The zero-order valence-corrected chi connectivity index (χ0v) is 11.0. The summed E-state index contributed by atoms with van der Waals surface area (Å²) in [7, 11) is 0. The van der Waals surface area contributed by atoms with E-state index in [1.807, 2.05) is 0 Å². The minimum absolute atomic E-state index is 0.119. The molecule has 0 aliphatic rings. The summed E-state index contributed by atoms with van der Waals surface area (Å²) in [6, 6.07) is 16.4. The van der Waals surface area contributed by atoms with E-state index < -0.39 is 17.5 Å². The van der Waals surface area contributed by atoms with Gasteiger partial charge in [0.25, 0.3) is 0 Å². The van der Waals surface area contributed by atoms with E-state index in [4.69, 9.17) is 0 Å². The fraction of sp³-hybridized carbons (Fsp3) is 0. The molecule has 0 amide bonds. The summed E-state index contributed by atoms with van der Waals surface area (Å²) in [4.78, 5) is 0. The highest BCUT2D eigenvalue weighted by atomic mass is 19.1. The average molecular weight is 284 g/mol. The van der Waals surface area contributed by atoms with E-state index in [-0.39, 0.29) is 22.3 Å². The Bertz CT molecular complexity index is 730. The van der Waals surface area contributed by atoms with Crippen molar-refractivity contribution in [2.75, 3.05) is 0 Å². The minimum Gasteiger partial charge on any atom is -0.206 e. The molecule has 0 radical (unpaired) electrons. The molecule has 0 saturated carbocycles. The third-order valence-corrected chi connectivity index (χ3v) is 3.33. The molecule has 0 spiro atoms. The second-order valence-electron chi connectivity index (χ2n) is 4.63. The van der Waals surface area contributed by atoms with E-state index in [1.54, 1.807) is 18.2 Å². The van der Waals surface area contributed by atoms with Crippen LogP contribution >= 0.6 is 0 Å². The van der Waals surface area contributed by atoms with Crippen LogP contribution in [0.2, 0.25) is 0 Å². The normalized spacial score (nSPS) is 10.6. The Labute approximate surface area is 120 Å². The summed E-state index contributed by atoms with van der Waals surface area (Å²) < 4.78 is 42.3. The van der Waals surface area contributed by atoms with Crippen molar-refractivity contribution in [3.05, 3.63) is 84.2 Å². The van der Waals surface area contributed by atoms with Crippen molar-refractivity contribution in [3.63, 3.8) is 0 Å². The van der Waals surface area contributed by atoms with Gasteiger partial charge in [0.05, 0.1) is 0 Å². The van der Waals surface area contributed by atoms with Gasteiger partial charge in [0.2, 0.25) is 0 Å². The zero-order chi connectivity index (χ0) is 14.8. The lowest BCUT2D eigenvalue weighted by Crippen LogP contribution is -1.93. The molecule has 21 heavy (non-hydrogen) atoms. The van der Waals surface area contributed by atoms with Crippen molar-refractivity contribution in [2.24, 2.45) is 0 Å². The summed E-state index contributed by atoms with van der Waals surface area (Å²) in [6.45, 7) is 0. The molecule has 0 heterocycles. The maximum absolute atomic E-state index is 14.7. The van der Waals surface area contributed by atoms with Crippen molar-refractivity contribution in [2.45, 2.75) is 0 Å². The van der Waals surface area contributed by atoms with Crippen LogP contribution in [0, 0.1) is 17.5 Å². The minimum atomic E-state index is -0.632. The zero-order valence-electron chi connectivity index (χ0n) is 11.0. The largest absolute Gasteiger partial charge is 0.206 e. The van der Waals surface area contributed by atoms with Gasteiger partial charge in [-0.1, -0.05) is 54.6 Å². The van der Waals surface area contributed by atoms with Crippen molar-refractivity contribution in [1.29, 1.82) is 0 Å². The summed E-state index contributed by atoms with van der Waals surface area (Å²) in [6.07, 6.45) is 0. The van der Waals surface area contributed by atoms with Crippen molar-refractivity contribution < 1.29 is 13.2 Å². The lowest BCUT2D eigenvalue weighted by molar-refractivity contribution is 0.612. The van der Waals surface area contributed by atoms with Gasteiger partial charge in [-0.15, -0.1) is 0 Å². The number of benzene rings is 3. The lowest BCUT2D eigenvalue weighted by Gasteiger charge is -2.10. The maximum Gasteiger partial charge on any atom is 0.139 e. The number of hydrogen-bond acceptors (Lipinski definition) is 0. The van der Waals surface area contributed by atoms with E-state index in [2.05, 4.69) is 0 Å². The fourth-order valence-corrected chi connectivity index (χ4v) is 2.31. The van der Waals surface area contributed by atoms with Gasteiger partial charge in [-0.3, -0.25) is 0 Å². The molecule has 0 unspecified atom stereocenters. The molecule has 104 valence electrons. The predicted octanol–water partition coefficient (Wildman–Crippen LogP) is 5.44. The summed E-state index contributed by atoms with van der Waals surface area (Å²) in [5, 5.41) is 0. The highest BCUT2D eigenvalue weighted by molar-refractivity contribution is 5.74. The van der Waals surface area contributed by atoms with E-state index in [1.165, 1.54) is 48.5 Å². The summed E-state index contributed by atoms with van der Waals surface area (Å²) >= 11 is 0. The van der Waals surface area contributed by atoms with Gasteiger partial charge in [0.1, 0.15) is 17.5 Å². The summed E-state index contributed by atoms with van der Waals surface area (Å²) in [5.74, 6) is -1.66. The van der Waals surface area contributed by atoms with Gasteiger partial charge in [-0.05, 0) is 12.1 Å². The number of hydrogen-bond donors (Lipinski definition) is 0. The highest BCUT2D eigenvalue weighted by Gasteiger charge is 2.15. The van der Waals surface area contributed by atoms with Gasteiger partial charge in [-0.25, -0.2) is 13.2 Å². The third-order valence-electron chi connectivity index (χ3n) is 3.33. The number of halogens is 3. The quantitative estimate of drug-likeness (QED) is 0.588. The van der Waals surface area contributed by atoms with Crippen molar-refractivity contribution in [3.8, 4) is 22.3 Å².